The summed E-state index contributed by atoms with van der Waals surface area (Å²) in [5.41, 5.74) is 13.0. The number of fused-ring (bicyclic) bond motifs is 2. The Morgan fingerprint density at radius 3 is 1.01 bits per heavy atom. The van der Waals surface area contributed by atoms with Gasteiger partial charge in [-0.2, -0.15) is 9.97 Å². The minimum atomic E-state index is -4.64. The van der Waals surface area contributed by atoms with Gasteiger partial charge in [0.2, 0.25) is 23.7 Å². The van der Waals surface area contributed by atoms with Crippen LogP contribution >= 0.6 is 0 Å². The van der Waals surface area contributed by atoms with Crippen molar-refractivity contribution in [3.63, 3.8) is 0 Å². The van der Waals surface area contributed by atoms with Gasteiger partial charge in [-0.05, 0) is 74.2 Å². The van der Waals surface area contributed by atoms with E-state index in [9.17, 15) is 112 Å². The van der Waals surface area contributed by atoms with Crippen molar-refractivity contribution < 1.29 is 121 Å². The molecule has 128 heavy (non-hydrogen) atoms. The van der Waals surface area contributed by atoms with Gasteiger partial charge in [-0.1, -0.05) is 0 Å². The zero-order chi connectivity index (χ0) is 93.9. The number of nitrogens with one attached hydrogen (secondary N) is 8. The van der Waals surface area contributed by atoms with Gasteiger partial charge in [0.25, 0.3) is 22.9 Å². The smallest absolute Gasteiger partial charge is 0.480 e. The largest absolute Gasteiger partial charge is 1.04 e. The molecule has 0 saturated carbocycles. The Kier molecular flexibility index (Phi) is 49.8. The molecule has 698 valence electrons. The predicted molar refractivity (Wildman–Crippen MR) is 451 cm³/mol. The average molecular weight is 1840 g/mol. The van der Waals surface area contributed by atoms with E-state index in [1.54, 1.807) is 43.9 Å². The van der Waals surface area contributed by atoms with Crippen LogP contribution in [0.1, 0.15) is 83.5 Å². The molecule has 2 aliphatic rings. The van der Waals surface area contributed by atoms with Gasteiger partial charge in [0.1, 0.15) is 23.7 Å². The number of benzene rings is 2. The summed E-state index contributed by atoms with van der Waals surface area (Å²) in [6.07, 6.45) is 3.79. The van der Waals surface area contributed by atoms with Crippen molar-refractivity contribution in [3.05, 3.63) is 104 Å². The number of ketones is 2. The highest BCUT2D eigenvalue weighted by atomic mass is 27.3. The molecule has 4 aromatic heterocycles. The van der Waals surface area contributed by atoms with Crippen LogP contribution in [0, 0.1) is 0 Å². The number of nitrogen functional groups attached to an aromatic ring is 2. The van der Waals surface area contributed by atoms with Crippen LogP contribution < -0.4 is 54.5 Å². The van der Waals surface area contributed by atoms with E-state index >= 15 is 0 Å². The Labute approximate surface area is 743 Å². The predicted octanol–water partition coefficient (Wildman–Crippen LogP) is -2.16. The Balaban J connectivity index is 0.000000427. The van der Waals surface area contributed by atoms with Gasteiger partial charge in [0.15, 0.2) is 22.3 Å². The van der Waals surface area contributed by atoms with Gasteiger partial charge in [-0.3, -0.25) is 96.9 Å². The van der Waals surface area contributed by atoms with E-state index in [2.05, 4.69) is 71.8 Å². The Morgan fingerprint density at radius 2 is 0.719 bits per heavy atom. The molecule has 2 atom stereocenters. The molecule has 2 radical (unpaired) electrons. The molecule has 18 N–H and O–H groups in total. The molecule has 2 aliphatic heterocycles. The van der Waals surface area contributed by atoms with E-state index < -0.39 is 86.4 Å². The lowest BCUT2D eigenvalue weighted by molar-refractivity contribution is -0.140. The van der Waals surface area contributed by atoms with Crippen LogP contribution in [0.3, 0.4) is 0 Å². The first-order valence-electron chi connectivity index (χ1n) is 40.3. The molecule has 6 aromatic rings. The maximum atomic E-state index is 12.8. The number of aromatic amines is 2. The lowest BCUT2D eigenvalue weighted by Crippen LogP contribution is -2.43. The van der Waals surface area contributed by atoms with Crippen LogP contribution in [-0.4, -0.2) is 399 Å². The average Bonchev–Trinajstić information content (AvgIpc) is 0.826. The number of amides is 4. The molecule has 46 nitrogen and oxygen atoms in total. The third kappa shape index (κ3) is 44.3. The minimum Gasteiger partial charge on any atom is -0.480 e. The van der Waals surface area contributed by atoms with Crippen molar-refractivity contribution in [3.8, 4) is 0 Å². The summed E-state index contributed by atoms with van der Waals surface area (Å²) in [5.74, 6) is -8.64. The van der Waals surface area contributed by atoms with E-state index in [0.29, 0.717) is 114 Å². The highest BCUT2D eigenvalue weighted by molar-refractivity contribution is 6.33. The Morgan fingerprint density at radius 1 is 0.430 bits per heavy atom. The number of carboxylic acids is 6. The SMILES string of the molecule is Nc1nc2ncc(CNc3ccc(C(=O)N[C@@H](CCC(=O)CCCOCCOCCNC(=O)CN4CCN(CC(=O)O)CCN(CC(=O)O)CC4)C(=O)O)cc3)nc2c(=O)[nH]1.Nc1nc2ncc(CNc3ccc(C(=O)N[C@@H](CCC(=O)CCCOCCOCCNC(=O)CN4CCN(CC(=O)O)CCN(CC(=O)O)CC4)C(=O)O)cc3)nc2c(=O)[nH]1.[18F][Al].[18F][Al]([18F])[18F]. The molecule has 6 heterocycles. The highest BCUT2D eigenvalue weighted by Crippen LogP contribution is 2.17. The molecule has 2 aromatic carbocycles. The Bertz CT molecular complexity index is 4360. The monoisotopic (exact) mass is 1840 g/mol. The fraction of sp³-hybridized carbons (Fsp3) is 0.526. The van der Waals surface area contributed by atoms with E-state index in [4.69, 9.17) is 30.4 Å². The van der Waals surface area contributed by atoms with Gasteiger partial charge < -0.3 is 107 Å². The molecule has 0 unspecified atom stereocenters. The number of carbonyl (C=O) groups is 12. The molecule has 2 fully saturated rings. The third-order valence-corrected chi connectivity index (χ3v) is 18.8. The second kappa shape index (κ2) is 59.5. The number of carboxylic acid groups (broad SMARTS) is 6. The molecular formula is C76H106Al2F4N22O24. The summed E-state index contributed by atoms with van der Waals surface area (Å²) in [6, 6.07) is 9.99. The second-order valence-electron chi connectivity index (χ2n) is 28.6. The van der Waals surface area contributed by atoms with Gasteiger partial charge in [0.05, 0.1) is 116 Å². The van der Waals surface area contributed by atoms with Gasteiger partial charge in [-0.15, -0.1) is 0 Å². The standard InChI is InChI=1S/2C38H53N11O12.2Al.4FH/c2*39-38-45-34-33(36(57)46-38)43-27(21-42-34)20-41-26-5-3-25(4-6-26)35(56)44-29(37(58)59)8-7-28(50)2-1-16-60-18-19-61-17-9-40-30(51)22-47-10-12-48(23-31(52)53)14-15-49(13-11-47)24-32(54)55;;;;;;/h2*3-6,21,29,41H,1-2,7-20,22-24H2,(H,40,51)(H,44,56)(H,52,53)(H,54,55)(H,58,59)(H3,39,42,45,46,57);;;4*1H/q;;+1;+3;;;;/p-4/t2*29-;;;;;;/m00....../s1/i;;;;4*1-1. The molecule has 2 saturated heterocycles. The molecule has 0 aliphatic carbocycles. The number of hydrogen-bond donors (Lipinski definition) is 16. The molecule has 0 bridgehead atoms. The molecular weight excluding hydrogens is 1730 g/mol. The summed E-state index contributed by atoms with van der Waals surface area (Å²) < 4.78 is 60.9. The van der Waals surface area contributed by atoms with Crippen molar-refractivity contribution in [2.45, 2.75) is 76.5 Å². The van der Waals surface area contributed by atoms with Gasteiger partial charge >= 0.3 is 68.1 Å². The topological polar surface area (TPSA) is 650 Å². The minimum absolute atomic E-state index is 0.0432. The zero-order valence-corrected chi connectivity index (χ0v) is 72.3. The number of aromatic nitrogens is 8. The van der Waals surface area contributed by atoms with E-state index in [0.717, 1.165) is 16.7 Å². The number of hydrogen-bond acceptors (Lipinski definition) is 34. The quantitative estimate of drug-likeness (QED) is 0.0110. The number of aliphatic carboxylic acids is 6. The number of H-pyrrole nitrogens is 2. The number of anilines is 4. The first-order valence-corrected chi connectivity index (χ1v) is 42.0. The number of nitrogens with two attached hydrogens (primary N) is 2. The zero-order valence-electron chi connectivity index (χ0n) is 70.0. The van der Waals surface area contributed by atoms with Crippen LogP contribution in [0.2, 0.25) is 0 Å². The summed E-state index contributed by atoms with van der Waals surface area (Å²) in [7, 11) is 0. The van der Waals surface area contributed by atoms with Gasteiger partial charge in [-0.25, -0.2) is 29.5 Å². The first-order chi connectivity index (χ1) is 61.2. The molecule has 0 spiro atoms. The lowest BCUT2D eigenvalue weighted by Gasteiger charge is -2.24. The maximum absolute atomic E-state index is 12.8. The van der Waals surface area contributed by atoms with Crippen LogP contribution in [0.4, 0.5) is 37.4 Å². The second-order valence-corrected chi connectivity index (χ2v) is 29.0. The van der Waals surface area contributed by atoms with Gasteiger partial charge in [0, 0.05) is 153 Å². The highest BCUT2D eigenvalue weighted by Gasteiger charge is 2.27. The van der Waals surface area contributed by atoms with Crippen molar-refractivity contribution >= 4 is 149 Å². The van der Waals surface area contributed by atoms with Crippen molar-refractivity contribution in [1.82, 2.24) is 90.5 Å². The number of nitrogens with zero attached hydrogens (tertiary/aromatic N) is 12. The summed E-state index contributed by atoms with van der Waals surface area (Å²) in [6.45, 7) is 7.57. The third-order valence-electron chi connectivity index (χ3n) is 18.8. The van der Waals surface area contributed by atoms with E-state index in [1.807, 2.05) is 9.80 Å². The van der Waals surface area contributed by atoms with Crippen LogP contribution in [-0.2, 0) is 80.0 Å². The van der Waals surface area contributed by atoms with Crippen molar-refractivity contribution in [1.29, 1.82) is 0 Å². The fourth-order valence-electron chi connectivity index (χ4n) is 12.3. The number of halogens is 4. The van der Waals surface area contributed by atoms with Crippen molar-refractivity contribution in [2.75, 3.05) is 206 Å². The molecule has 8 rings (SSSR count). The summed E-state index contributed by atoms with van der Waals surface area (Å²) in [5, 5.41) is 72.8. The van der Waals surface area contributed by atoms with Crippen molar-refractivity contribution in [2.24, 2.45) is 0 Å². The van der Waals surface area contributed by atoms with Crippen LogP contribution in [0.5, 0.6) is 0 Å². The normalized spacial score (nSPS) is 14.2. The van der Waals surface area contributed by atoms with Crippen LogP contribution in [0.15, 0.2) is 70.5 Å². The molecule has 52 heteroatoms. The first kappa shape index (κ1) is 107. The number of Topliss-reactive ketones (excluding diaryl/α,β-unsaturated/α-hetero) is 2. The number of rotatable bonds is 50. The lowest BCUT2D eigenvalue weighted by atomic mass is 10.1. The number of carbonyl (C=O) groups excluding carboxylic acids is 6. The Hall–Kier alpha value is -11.5. The van der Waals surface area contributed by atoms with E-state index in [-0.39, 0.29) is 226 Å². The summed E-state index contributed by atoms with van der Waals surface area (Å²) >= 11 is -3.72. The maximum Gasteiger partial charge on any atom is 1.04 e. The van der Waals surface area contributed by atoms with Crippen LogP contribution in [0.25, 0.3) is 22.3 Å². The molecule has 4 amide bonds. The number of ether oxygens (including phenoxy) is 4. The van der Waals surface area contributed by atoms with E-state index in [1.165, 1.54) is 36.7 Å². The fourth-order valence-corrected chi connectivity index (χ4v) is 12.3. The summed E-state index contributed by atoms with van der Waals surface area (Å²) in [4.78, 5) is 208.